The van der Waals surface area contributed by atoms with Gasteiger partial charge in [0.1, 0.15) is 5.75 Å². The first-order valence-corrected chi connectivity index (χ1v) is 9.95. The first kappa shape index (κ1) is 18.3. The van der Waals surface area contributed by atoms with Crippen molar-refractivity contribution in [1.29, 1.82) is 0 Å². The monoisotopic (exact) mass is 371 g/mol. The van der Waals surface area contributed by atoms with Crippen LogP contribution in [0.2, 0.25) is 0 Å². The number of ether oxygens (including phenoxy) is 1. The van der Waals surface area contributed by atoms with Crippen molar-refractivity contribution in [3.63, 3.8) is 0 Å². The average molecular weight is 371 g/mol. The van der Waals surface area contributed by atoms with E-state index in [1.54, 1.807) is 0 Å². The van der Waals surface area contributed by atoms with Crippen molar-refractivity contribution in [2.45, 2.75) is 38.7 Å². The lowest BCUT2D eigenvalue weighted by Gasteiger charge is -2.22. The molecule has 4 rings (SSSR count). The van der Waals surface area contributed by atoms with Crippen LogP contribution in [0.15, 0.2) is 72.8 Å². The SMILES string of the molecule is CC(Oc1cccc2c1CCCC2)C(=O)Nc1ccccc1-c1ccccc1. The van der Waals surface area contributed by atoms with Crippen LogP contribution < -0.4 is 10.1 Å². The Bertz CT molecular complexity index is 965. The molecule has 1 aliphatic rings. The zero-order valence-electron chi connectivity index (χ0n) is 16.2. The molecule has 0 aromatic heterocycles. The van der Waals surface area contributed by atoms with Crippen LogP contribution in [0.25, 0.3) is 11.1 Å². The molecule has 1 atom stereocenters. The highest BCUT2D eigenvalue weighted by atomic mass is 16.5. The quantitative estimate of drug-likeness (QED) is 0.630. The van der Waals surface area contributed by atoms with E-state index >= 15 is 0 Å². The highest BCUT2D eigenvalue weighted by Gasteiger charge is 2.20. The molecule has 3 aromatic rings. The summed E-state index contributed by atoms with van der Waals surface area (Å²) in [4.78, 5) is 12.8. The van der Waals surface area contributed by atoms with Crippen LogP contribution in [0.3, 0.4) is 0 Å². The Kier molecular flexibility index (Phi) is 5.43. The summed E-state index contributed by atoms with van der Waals surface area (Å²) in [5.74, 6) is 0.702. The van der Waals surface area contributed by atoms with Gasteiger partial charge in [-0.15, -0.1) is 0 Å². The molecule has 0 fully saturated rings. The van der Waals surface area contributed by atoms with Crippen LogP contribution >= 0.6 is 0 Å². The summed E-state index contributed by atoms with van der Waals surface area (Å²) in [6, 6.07) is 24.1. The molecule has 3 nitrogen and oxygen atoms in total. The Balaban J connectivity index is 1.51. The summed E-state index contributed by atoms with van der Waals surface area (Å²) in [7, 11) is 0. The highest BCUT2D eigenvalue weighted by Crippen LogP contribution is 2.31. The molecule has 0 spiro atoms. The molecule has 1 N–H and O–H groups in total. The minimum absolute atomic E-state index is 0.142. The van der Waals surface area contributed by atoms with Crippen molar-refractivity contribution in [2.24, 2.45) is 0 Å². The van der Waals surface area contributed by atoms with E-state index in [0.717, 1.165) is 35.4 Å². The van der Waals surface area contributed by atoms with Crippen LogP contribution in [-0.4, -0.2) is 12.0 Å². The van der Waals surface area contributed by atoms with Crippen LogP contribution in [0.1, 0.15) is 30.9 Å². The van der Waals surface area contributed by atoms with E-state index in [1.165, 1.54) is 24.0 Å². The minimum Gasteiger partial charge on any atom is -0.481 e. The van der Waals surface area contributed by atoms with Gasteiger partial charge in [0.15, 0.2) is 6.10 Å². The van der Waals surface area contributed by atoms with Gasteiger partial charge in [-0.2, -0.15) is 0 Å². The van der Waals surface area contributed by atoms with Crippen molar-refractivity contribution in [3.8, 4) is 16.9 Å². The number of anilines is 1. The highest BCUT2D eigenvalue weighted by molar-refractivity contribution is 5.98. The lowest BCUT2D eigenvalue weighted by Crippen LogP contribution is -2.30. The Morgan fingerprint density at radius 3 is 2.50 bits per heavy atom. The second kappa shape index (κ2) is 8.30. The van der Waals surface area contributed by atoms with E-state index in [4.69, 9.17) is 4.74 Å². The number of rotatable bonds is 5. The lowest BCUT2D eigenvalue weighted by molar-refractivity contribution is -0.122. The smallest absolute Gasteiger partial charge is 0.265 e. The molecule has 28 heavy (non-hydrogen) atoms. The molecule has 1 amide bonds. The maximum absolute atomic E-state index is 12.8. The molecule has 1 unspecified atom stereocenters. The van der Waals surface area contributed by atoms with Crippen molar-refractivity contribution in [2.75, 3.05) is 5.32 Å². The molecule has 142 valence electrons. The summed E-state index contributed by atoms with van der Waals surface area (Å²) < 4.78 is 6.08. The van der Waals surface area contributed by atoms with E-state index in [-0.39, 0.29) is 5.91 Å². The molecular weight excluding hydrogens is 346 g/mol. The van der Waals surface area contributed by atoms with E-state index in [0.29, 0.717) is 0 Å². The van der Waals surface area contributed by atoms with Crippen molar-refractivity contribution < 1.29 is 9.53 Å². The molecule has 0 bridgehead atoms. The number of aryl methyl sites for hydroxylation is 1. The number of carbonyl (C=O) groups is 1. The van der Waals surface area contributed by atoms with Gasteiger partial charge in [-0.05, 0) is 61.4 Å². The van der Waals surface area contributed by atoms with Crippen LogP contribution in [0.4, 0.5) is 5.69 Å². The zero-order chi connectivity index (χ0) is 19.3. The third kappa shape index (κ3) is 3.94. The molecule has 1 aliphatic carbocycles. The Morgan fingerprint density at radius 1 is 0.893 bits per heavy atom. The fraction of sp³-hybridized carbons (Fsp3) is 0.240. The molecule has 0 saturated heterocycles. The number of nitrogens with one attached hydrogen (secondary N) is 1. The fourth-order valence-corrected chi connectivity index (χ4v) is 3.80. The first-order chi connectivity index (χ1) is 13.7. The van der Waals surface area contributed by atoms with E-state index in [1.807, 2.05) is 73.7 Å². The number of amides is 1. The molecule has 0 radical (unpaired) electrons. The maximum Gasteiger partial charge on any atom is 0.265 e. The average Bonchev–Trinajstić information content (AvgIpc) is 2.75. The summed E-state index contributed by atoms with van der Waals surface area (Å²) in [5, 5.41) is 3.05. The second-order valence-corrected chi connectivity index (χ2v) is 7.26. The fourth-order valence-electron chi connectivity index (χ4n) is 3.80. The van der Waals surface area contributed by atoms with Gasteiger partial charge in [0.25, 0.3) is 5.91 Å². The van der Waals surface area contributed by atoms with Crippen LogP contribution in [0, 0.1) is 0 Å². The Hall–Kier alpha value is -3.07. The maximum atomic E-state index is 12.8. The molecule has 0 heterocycles. The van der Waals surface area contributed by atoms with Gasteiger partial charge in [-0.1, -0.05) is 60.7 Å². The summed E-state index contributed by atoms with van der Waals surface area (Å²) in [6.45, 7) is 1.81. The van der Waals surface area contributed by atoms with Crippen LogP contribution in [0.5, 0.6) is 5.75 Å². The van der Waals surface area contributed by atoms with Gasteiger partial charge in [-0.25, -0.2) is 0 Å². The summed E-state index contributed by atoms with van der Waals surface area (Å²) in [5.41, 5.74) is 5.48. The van der Waals surface area contributed by atoms with Crippen LogP contribution in [-0.2, 0) is 17.6 Å². The van der Waals surface area contributed by atoms with Gasteiger partial charge < -0.3 is 10.1 Å². The molecular formula is C25H25NO2. The normalized spacial score (nSPS) is 14.0. The van der Waals surface area contributed by atoms with Gasteiger partial charge in [0.05, 0.1) is 0 Å². The van der Waals surface area contributed by atoms with E-state index in [2.05, 4.69) is 11.4 Å². The number of carbonyl (C=O) groups excluding carboxylic acids is 1. The Morgan fingerprint density at radius 2 is 1.64 bits per heavy atom. The standard InChI is InChI=1S/C25H25NO2/c1-18(28-24-17-9-13-20-12-5-6-15-22(20)24)25(27)26-23-16-8-7-14-21(23)19-10-3-2-4-11-19/h2-4,7-11,13-14,16-18H,5-6,12,15H2,1H3,(H,26,27). The molecule has 3 aromatic carbocycles. The largest absolute Gasteiger partial charge is 0.481 e. The van der Waals surface area contributed by atoms with Gasteiger partial charge in [0, 0.05) is 11.3 Å². The van der Waals surface area contributed by atoms with Crippen molar-refractivity contribution in [3.05, 3.63) is 83.9 Å². The summed E-state index contributed by atoms with van der Waals surface area (Å²) in [6.07, 6.45) is 3.95. The third-order valence-electron chi connectivity index (χ3n) is 5.30. The van der Waals surface area contributed by atoms with Crippen molar-refractivity contribution in [1.82, 2.24) is 0 Å². The lowest BCUT2D eigenvalue weighted by atomic mass is 9.91. The van der Waals surface area contributed by atoms with E-state index < -0.39 is 6.10 Å². The Labute approximate surface area is 166 Å². The third-order valence-corrected chi connectivity index (χ3v) is 5.30. The predicted molar refractivity (Wildman–Crippen MR) is 114 cm³/mol. The molecule has 0 aliphatic heterocycles. The zero-order valence-corrected chi connectivity index (χ0v) is 16.2. The first-order valence-electron chi connectivity index (χ1n) is 9.95. The predicted octanol–water partition coefficient (Wildman–Crippen LogP) is 5.64. The number of para-hydroxylation sites is 1. The number of hydrogen-bond acceptors (Lipinski definition) is 2. The van der Waals surface area contributed by atoms with Crippen molar-refractivity contribution >= 4 is 11.6 Å². The molecule has 3 heteroatoms. The van der Waals surface area contributed by atoms with Gasteiger partial charge in [0.2, 0.25) is 0 Å². The van der Waals surface area contributed by atoms with Gasteiger partial charge in [-0.3, -0.25) is 4.79 Å². The molecule has 0 saturated carbocycles. The number of hydrogen-bond donors (Lipinski definition) is 1. The van der Waals surface area contributed by atoms with E-state index in [9.17, 15) is 4.79 Å². The summed E-state index contributed by atoms with van der Waals surface area (Å²) >= 11 is 0. The number of benzene rings is 3. The minimum atomic E-state index is -0.572. The second-order valence-electron chi connectivity index (χ2n) is 7.26. The van der Waals surface area contributed by atoms with Gasteiger partial charge >= 0.3 is 0 Å². The number of fused-ring (bicyclic) bond motifs is 1. The topological polar surface area (TPSA) is 38.3 Å².